The molecule has 1 fully saturated rings. The van der Waals surface area contributed by atoms with Crippen LogP contribution in [0.15, 0.2) is 42.7 Å². The van der Waals surface area contributed by atoms with Crippen LogP contribution in [0.25, 0.3) is 0 Å². The highest BCUT2D eigenvalue weighted by Gasteiger charge is 2.18. The minimum Gasteiger partial charge on any atom is -0.352 e. The van der Waals surface area contributed by atoms with Crippen molar-refractivity contribution in [2.75, 3.05) is 32.0 Å². The number of para-hydroxylation sites is 1. The van der Waals surface area contributed by atoms with Crippen molar-refractivity contribution in [2.24, 2.45) is 5.92 Å². The highest BCUT2D eigenvalue weighted by molar-refractivity contribution is 5.93. The Hall–Kier alpha value is -2.47. The highest BCUT2D eigenvalue weighted by atomic mass is 16.1. The fourth-order valence-corrected chi connectivity index (χ4v) is 2.94. The number of nitrogens with zero attached hydrogens (tertiary/aromatic N) is 3. The van der Waals surface area contributed by atoms with Crippen LogP contribution in [0.3, 0.4) is 0 Å². The second kappa shape index (κ2) is 7.88. The summed E-state index contributed by atoms with van der Waals surface area (Å²) in [5.74, 6) is 0.883. The van der Waals surface area contributed by atoms with Gasteiger partial charge < -0.3 is 15.5 Å². The number of likely N-dealkylation sites (tertiary alicyclic amines) is 1. The molecule has 0 unspecified atom stereocenters. The van der Waals surface area contributed by atoms with E-state index in [0.29, 0.717) is 24.0 Å². The molecule has 24 heavy (non-hydrogen) atoms. The van der Waals surface area contributed by atoms with Crippen LogP contribution in [0.1, 0.15) is 23.2 Å². The van der Waals surface area contributed by atoms with Crippen molar-refractivity contribution in [3.8, 4) is 0 Å². The first kappa shape index (κ1) is 16.4. The standard InChI is InChI=1S/C18H23N5O/c1-23-9-5-6-14(13-23)10-19-17(24)15-11-20-18(21-12-15)22-16-7-3-2-4-8-16/h2-4,7-8,11-12,14H,5-6,9-10,13H2,1H3,(H,19,24)(H,20,21,22)/t14-/m1/s1. The van der Waals surface area contributed by atoms with E-state index >= 15 is 0 Å². The average Bonchev–Trinajstić information content (AvgIpc) is 2.61. The predicted molar refractivity (Wildman–Crippen MR) is 94.3 cm³/mol. The number of piperidine rings is 1. The van der Waals surface area contributed by atoms with E-state index in [0.717, 1.165) is 18.8 Å². The Bertz CT molecular complexity index is 659. The van der Waals surface area contributed by atoms with E-state index in [1.807, 2.05) is 30.3 Å². The number of aromatic nitrogens is 2. The van der Waals surface area contributed by atoms with E-state index < -0.39 is 0 Å². The third-order valence-corrected chi connectivity index (χ3v) is 4.22. The van der Waals surface area contributed by atoms with Crippen LogP contribution in [0.5, 0.6) is 0 Å². The maximum absolute atomic E-state index is 12.2. The van der Waals surface area contributed by atoms with Gasteiger partial charge in [0.1, 0.15) is 0 Å². The molecule has 0 bridgehead atoms. The van der Waals surface area contributed by atoms with Crippen LogP contribution in [-0.4, -0.2) is 47.5 Å². The Kier molecular flexibility index (Phi) is 5.38. The molecule has 2 N–H and O–H groups in total. The van der Waals surface area contributed by atoms with Crippen molar-refractivity contribution < 1.29 is 4.79 Å². The lowest BCUT2D eigenvalue weighted by Gasteiger charge is -2.29. The van der Waals surface area contributed by atoms with E-state index in [-0.39, 0.29) is 5.91 Å². The summed E-state index contributed by atoms with van der Waals surface area (Å²) >= 11 is 0. The van der Waals surface area contributed by atoms with Gasteiger partial charge in [-0.05, 0) is 44.5 Å². The second-order valence-electron chi connectivity index (χ2n) is 6.27. The fraction of sp³-hybridized carbons (Fsp3) is 0.389. The summed E-state index contributed by atoms with van der Waals surface area (Å²) in [6, 6.07) is 9.69. The first-order valence-electron chi connectivity index (χ1n) is 8.31. The number of hydrogen-bond acceptors (Lipinski definition) is 5. The van der Waals surface area contributed by atoms with E-state index in [2.05, 4.69) is 32.5 Å². The molecule has 3 rings (SSSR count). The smallest absolute Gasteiger partial charge is 0.254 e. The molecule has 6 nitrogen and oxygen atoms in total. The van der Waals surface area contributed by atoms with E-state index in [9.17, 15) is 4.79 Å². The lowest BCUT2D eigenvalue weighted by molar-refractivity contribution is 0.0936. The van der Waals surface area contributed by atoms with Gasteiger partial charge in [0, 0.05) is 31.2 Å². The number of hydrogen-bond donors (Lipinski definition) is 2. The molecule has 1 aromatic carbocycles. The van der Waals surface area contributed by atoms with E-state index in [1.165, 1.54) is 12.8 Å². The van der Waals surface area contributed by atoms with Crippen molar-refractivity contribution in [3.05, 3.63) is 48.3 Å². The van der Waals surface area contributed by atoms with Gasteiger partial charge in [-0.2, -0.15) is 0 Å². The topological polar surface area (TPSA) is 70.2 Å². The molecule has 0 saturated carbocycles. The molecule has 1 aromatic heterocycles. The van der Waals surface area contributed by atoms with E-state index in [4.69, 9.17) is 0 Å². The third kappa shape index (κ3) is 4.52. The number of nitrogens with one attached hydrogen (secondary N) is 2. The number of benzene rings is 1. The molecule has 1 aliphatic heterocycles. The lowest BCUT2D eigenvalue weighted by Crippen LogP contribution is -2.39. The minimum atomic E-state index is -0.116. The second-order valence-corrected chi connectivity index (χ2v) is 6.27. The summed E-state index contributed by atoms with van der Waals surface area (Å²) in [7, 11) is 2.13. The molecule has 1 saturated heterocycles. The summed E-state index contributed by atoms with van der Waals surface area (Å²) in [5, 5.41) is 6.09. The van der Waals surface area contributed by atoms with Gasteiger partial charge in [0.15, 0.2) is 0 Å². The summed E-state index contributed by atoms with van der Waals surface area (Å²) in [4.78, 5) is 22.9. The summed E-state index contributed by atoms with van der Waals surface area (Å²) in [6.07, 6.45) is 5.47. The summed E-state index contributed by atoms with van der Waals surface area (Å²) < 4.78 is 0. The quantitative estimate of drug-likeness (QED) is 0.883. The minimum absolute atomic E-state index is 0.116. The first-order valence-corrected chi connectivity index (χ1v) is 8.31. The van der Waals surface area contributed by atoms with Crippen molar-refractivity contribution in [1.82, 2.24) is 20.2 Å². The molecular formula is C18H23N5O. The predicted octanol–water partition coefficient (Wildman–Crippen LogP) is 2.29. The summed E-state index contributed by atoms with van der Waals surface area (Å²) in [5.41, 5.74) is 1.40. The number of amides is 1. The van der Waals surface area contributed by atoms with Gasteiger partial charge in [0.25, 0.3) is 5.91 Å². The molecule has 6 heteroatoms. The van der Waals surface area contributed by atoms with Gasteiger partial charge in [-0.25, -0.2) is 9.97 Å². The van der Waals surface area contributed by atoms with Gasteiger partial charge in [-0.1, -0.05) is 18.2 Å². The van der Waals surface area contributed by atoms with Crippen LogP contribution >= 0.6 is 0 Å². The Labute approximate surface area is 142 Å². The van der Waals surface area contributed by atoms with Gasteiger partial charge in [0.2, 0.25) is 5.95 Å². The van der Waals surface area contributed by atoms with Gasteiger partial charge >= 0.3 is 0 Å². The number of rotatable bonds is 5. The fourth-order valence-electron chi connectivity index (χ4n) is 2.94. The van der Waals surface area contributed by atoms with Gasteiger partial charge in [-0.15, -0.1) is 0 Å². The monoisotopic (exact) mass is 325 g/mol. The molecule has 0 radical (unpaired) electrons. The van der Waals surface area contributed by atoms with Crippen LogP contribution < -0.4 is 10.6 Å². The largest absolute Gasteiger partial charge is 0.352 e. The molecule has 0 spiro atoms. The Morgan fingerprint density at radius 1 is 1.25 bits per heavy atom. The average molecular weight is 325 g/mol. The van der Waals surface area contributed by atoms with Crippen molar-refractivity contribution in [1.29, 1.82) is 0 Å². The molecule has 126 valence electrons. The Morgan fingerprint density at radius 3 is 2.71 bits per heavy atom. The first-order chi connectivity index (χ1) is 11.7. The van der Waals surface area contributed by atoms with Crippen LogP contribution in [-0.2, 0) is 0 Å². The molecule has 2 heterocycles. The number of carbonyl (C=O) groups excluding carboxylic acids is 1. The van der Waals surface area contributed by atoms with Crippen LogP contribution in [0, 0.1) is 5.92 Å². The van der Waals surface area contributed by atoms with Crippen molar-refractivity contribution in [2.45, 2.75) is 12.8 Å². The Balaban J connectivity index is 1.52. The molecular weight excluding hydrogens is 302 g/mol. The van der Waals surface area contributed by atoms with Crippen LogP contribution in [0.2, 0.25) is 0 Å². The number of anilines is 2. The maximum atomic E-state index is 12.2. The van der Waals surface area contributed by atoms with Crippen molar-refractivity contribution >= 4 is 17.5 Å². The zero-order chi connectivity index (χ0) is 16.8. The normalized spacial score (nSPS) is 18.1. The molecule has 1 aliphatic rings. The van der Waals surface area contributed by atoms with Gasteiger partial charge in [-0.3, -0.25) is 4.79 Å². The van der Waals surface area contributed by atoms with Crippen LogP contribution in [0.4, 0.5) is 11.6 Å². The maximum Gasteiger partial charge on any atom is 0.254 e. The van der Waals surface area contributed by atoms with Gasteiger partial charge in [0.05, 0.1) is 5.56 Å². The van der Waals surface area contributed by atoms with E-state index in [1.54, 1.807) is 12.4 Å². The van der Waals surface area contributed by atoms with Crippen molar-refractivity contribution in [3.63, 3.8) is 0 Å². The lowest BCUT2D eigenvalue weighted by atomic mass is 9.98. The summed E-state index contributed by atoms with van der Waals surface area (Å²) in [6.45, 7) is 2.89. The SMILES string of the molecule is CN1CCC[C@H](CNC(=O)c2cnc(Nc3ccccc3)nc2)C1. The Morgan fingerprint density at radius 2 is 2.00 bits per heavy atom. The number of carbonyl (C=O) groups is 1. The highest BCUT2D eigenvalue weighted by Crippen LogP contribution is 2.14. The zero-order valence-electron chi connectivity index (χ0n) is 13.9. The molecule has 0 aliphatic carbocycles. The third-order valence-electron chi connectivity index (χ3n) is 4.22. The molecule has 1 atom stereocenters. The zero-order valence-corrected chi connectivity index (χ0v) is 13.9. The molecule has 2 aromatic rings. The molecule has 1 amide bonds.